The van der Waals surface area contributed by atoms with Crippen molar-refractivity contribution in [2.24, 2.45) is 0 Å². The standard InChI is InChI=1S/C28H28ClF3N2O/c29-24-11-6-8-22(19-24)26(35)33-20-27(23-9-2-1-3-10-23)14-17-34(18-15-27)16-13-21-7-4-5-12-25(21)28(30,31)32/h1-12,19H,13-18,20H2,(H,33,35). The Morgan fingerprint density at radius 3 is 2.31 bits per heavy atom. The third-order valence-electron chi connectivity index (χ3n) is 6.89. The van der Waals surface area contributed by atoms with Gasteiger partial charge in [0.05, 0.1) is 5.56 Å². The van der Waals surface area contributed by atoms with Crippen LogP contribution in [0, 0.1) is 0 Å². The molecule has 3 aromatic rings. The van der Waals surface area contributed by atoms with E-state index in [4.69, 9.17) is 11.6 Å². The smallest absolute Gasteiger partial charge is 0.351 e. The van der Waals surface area contributed by atoms with Crippen LogP contribution >= 0.6 is 11.6 Å². The fourth-order valence-corrected chi connectivity index (χ4v) is 5.03. The van der Waals surface area contributed by atoms with E-state index in [9.17, 15) is 18.0 Å². The summed E-state index contributed by atoms with van der Waals surface area (Å²) in [6.45, 7) is 2.53. The fraction of sp³-hybridized carbons (Fsp3) is 0.321. The van der Waals surface area contributed by atoms with Crippen molar-refractivity contribution >= 4 is 17.5 Å². The molecule has 0 atom stereocenters. The molecule has 3 aromatic carbocycles. The maximum Gasteiger partial charge on any atom is 0.416 e. The zero-order valence-corrected chi connectivity index (χ0v) is 20.1. The molecule has 1 N–H and O–H groups in total. The van der Waals surface area contributed by atoms with Crippen LogP contribution < -0.4 is 5.32 Å². The number of carbonyl (C=O) groups excluding carboxylic acids is 1. The summed E-state index contributed by atoms with van der Waals surface area (Å²) < 4.78 is 40.0. The van der Waals surface area contributed by atoms with E-state index in [1.54, 1.807) is 36.4 Å². The molecule has 0 radical (unpaired) electrons. The summed E-state index contributed by atoms with van der Waals surface area (Å²) in [5, 5.41) is 3.60. The van der Waals surface area contributed by atoms with Crippen LogP contribution in [-0.4, -0.2) is 37.0 Å². The molecule has 4 rings (SSSR count). The van der Waals surface area contributed by atoms with Gasteiger partial charge >= 0.3 is 6.18 Å². The number of piperidine rings is 1. The molecule has 35 heavy (non-hydrogen) atoms. The number of benzene rings is 3. The predicted octanol–water partition coefficient (Wildman–Crippen LogP) is 6.37. The quantitative estimate of drug-likeness (QED) is 0.409. The van der Waals surface area contributed by atoms with Crippen LogP contribution in [0.3, 0.4) is 0 Å². The van der Waals surface area contributed by atoms with E-state index in [2.05, 4.69) is 22.3 Å². The average molecular weight is 501 g/mol. The number of nitrogens with one attached hydrogen (secondary N) is 1. The molecule has 0 aliphatic carbocycles. The SMILES string of the molecule is O=C(NCC1(c2ccccc2)CCN(CCc2ccccc2C(F)(F)F)CC1)c1cccc(Cl)c1. The number of halogens is 4. The molecule has 1 heterocycles. The molecule has 1 saturated heterocycles. The molecule has 1 aliphatic heterocycles. The number of carbonyl (C=O) groups is 1. The number of hydrogen-bond donors (Lipinski definition) is 1. The molecule has 0 unspecified atom stereocenters. The molecule has 7 heteroatoms. The highest BCUT2D eigenvalue weighted by Crippen LogP contribution is 2.36. The lowest BCUT2D eigenvalue weighted by Gasteiger charge is -2.42. The van der Waals surface area contributed by atoms with Crippen LogP contribution in [0.4, 0.5) is 13.2 Å². The van der Waals surface area contributed by atoms with Gasteiger partial charge in [0.1, 0.15) is 0 Å². The summed E-state index contributed by atoms with van der Waals surface area (Å²) >= 11 is 6.04. The Balaban J connectivity index is 1.42. The topological polar surface area (TPSA) is 32.3 Å². The summed E-state index contributed by atoms with van der Waals surface area (Å²) in [6, 6.07) is 22.8. The van der Waals surface area contributed by atoms with E-state index in [0.29, 0.717) is 35.7 Å². The van der Waals surface area contributed by atoms with Crippen molar-refractivity contribution in [1.82, 2.24) is 10.2 Å². The molecule has 0 aromatic heterocycles. The van der Waals surface area contributed by atoms with E-state index < -0.39 is 11.7 Å². The monoisotopic (exact) mass is 500 g/mol. The maximum atomic E-state index is 13.3. The molecule has 1 fully saturated rings. The number of rotatable bonds is 7. The summed E-state index contributed by atoms with van der Waals surface area (Å²) in [5.74, 6) is -0.172. The third kappa shape index (κ3) is 6.24. The maximum absolute atomic E-state index is 13.3. The van der Waals surface area contributed by atoms with Crippen molar-refractivity contribution in [2.45, 2.75) is 30.9 Å². The number of hydrogen-bond acceptors (Lipinski definition) is 2. The summed E-state index contributed by atoms with van der Waals surface area (Å²) in [4.78, 5) is 15.0. The van der Waals surface area contributed by atoms with Crippen LogP contribution in [0.5, 0.6) is 0 Å². The molecule has 1 aliphatic rings. The number of nitrogens with zero attached hydrogens (tertiary/aromatic N) is 1. The molecular formula is C28H28ClF3N2O. The largest absolute Gasteiger partial charge is 0.416 e. The van der Waals surface area contributed by atoms with Crippen LogP contribution in [0.2, 0.25) is 5.02 Å². The van der Waals surface area contributed by atoms with Crippen molar-refractivity contribution in [1.29, 1.82) is 0 Å². The van der Waals surface area contributed by atoms with Crippen LogP contribution in [0.15, 0.2) is 78.9 Å². The Labute approximate surface area is 208 Å². The second-order valence-electron chi connectivity index (χ2n) is 9.09. The van der Waals surface area contributed by atoms with E-state index in [1.807, 2.05) is 18.2 Å². The van der Waals surface area contributed by atoms with Gasteiger partial charge in [0, 0.05) is 29.1 Å². The van der Waals surface area contributed by atoms with Crippen molar-refractivity contribution in [3.8, 4) is 0 Å². The van der Waals surface area contributed by atoms with Crippen LogP contribution in [0.1, 0.15) is 39.9 Å². The summed E-state index contributed by atoms with van der Waals surface area (Å²) in [7, 11) is 0. The number of likely N-dealkylation sites (tertiary alicyclic amines) is 1. The first-order chi connectivity index (χ1) is 16.8. The zero-order chi connectivity index (χ0) is 24.9. The highest BCUT2D eigenvalue weighted by atomic mass is 35.5. The van der Waals surface area contributed by atoms with E-state index in [1.165, 1.54) is 6.07 Å². The normalized spacial score (nSPS) is 16.1. The summed E-state index contributed by atoms with van der Waals surface area (Å²) in [6.07, 6.45) is -2.40. The van der Waals surface area contributed by atoms with Gasteiger partial charge in [-0.1, -0.05) is 66.2 Å². The van der Waals surface area contributed by atoms with Crippen molar-refractivity contribution < 1.29 is 18.0 Å². The van der Waals surface area contributed by atoms with Gasteiger partial charge < -0.3 is 10.2 Å². The van der Waals surface area contributed by atoms with Crippen molar-refractivity contribution in [2.75, 3.05) is 26.2 Å². The van der Waals surface area contributed by atoms with Crippen molar-refractivity contribution in [3.05, 3.63) is 106 Å². The molecule has 1 amide bonds. The molecule has 3 nitrogen and oxygen atoms in total. The average Bonchev–Trinajstić information content (AvgIpc) is 2.87. The minimum absolute atomic E-state index is 0.172. The first-order valence-electron chi connectivity index (χ1n) is 11.7. The molecule has 0 bridgehead atoms. The highest BCUT2D eigenvalue weighted by molar-refractivity contribution is 6.30. The minimum Gasteiger partial charge on any atom is -0.351 e. The van der Waals surface area contributed by atoms with E-state index >= 15 is 0 Å². The molecule has 184 valence electrons. The Kier molecular flexibility index (Phi) is 7.82. The van der Waals surface area contributed by atoms with Crippen LogP contribution in [-0.2, 0) is 18.0 Å². The van der Waals surface area contributed by atoms with Gasteiger partial charge in [-0.15, -0.1) is 0 Å². The predicted molar refractivity (Wildman–Crippen MR) is 133 cm³/mol. The third-order valence-corrected chi connectivity index (χ3v) is 7.13. The minimum atomic E-state index is -4.35. The zero-order valence-electron chi connectivity index (χ0n) is 19.3. The molecular weight excluding hydrogens is 473 g/mol. The van der Waals surface area contributed by atoms with E-state index in [0.717, 1.165) is 37.6 Å². The lowest BCUT2D eigenvalue weighted by atomic mass is 9.72. The first-order valence-corrected chi connectivity index (χ1v) is 12.1. The number of alkyl halides is 3. The lowest BCUT2D eigenvalue weighted by molar-refractivity contribution is -0.138. The van der Waals surface area contributed by atoms with Crippen LogP contribution in [0.25, 0.3) is 0 Å². The van der Waals surface area contributed by atoms with Gasteiger partial charge in [-0.3, -0.25) is 4.79 Å². The van der Waals surface area contributed by atoms with E-state index in [-0.39, 0.29) is 11.3 Å². The van der Waals surface area contributed by atoms with Gasteiger partial charge in [0.15, 0.2) is 0 Å². The Bertz CT molecular complexity index is 1140. The Morgan fingerprint density at radius 2 is 1.63 bits per heavy atom. The second-order valence-corrected chi connectivity index (χ2v) is 9.52. The van der Waals surface area contributed by atoms with Gasteiger partial charge in [-0.05, 0) is 67.7 Å². The number of amides is 1. The van der Waals surface area contributed by atoms with Gasteiger partial charge in [0.25, 0.3) is 5.91 Å². The fourth-order valence-electron chi connectivity index (χ4n) is 4.84. The lowest BCUT2D eigenvalue weighted by Crippen LogP contribution is -2.49. The van der Waals surface area contributed by atoms with Gasteiger partial charge in [0.2, 0.25) is 0 Å². The van der Waals surface area contributed by atoms with Crippen molar-refractivity contribution in [3.63, 3.8) is 0 Å². The second kappa shape index (κ2) is 10.8. The molecule has 0 spiro atoms. The van der Waals surface area contributed by atoms with Gasteiger partial charge in [-0.25, -0.2) is 0 Å². The first kappa shape index (κ1) is 25.3. The Morgan fingerprint density at radius 1 is 0.943 bits per heavy atom. The highest BCUT2D eigenvalue weighted by Gasteiger charge is 2.37. The summed E-state index contributed by atoms with van der Waals surface area (Å²) in [5.41, 5.74) is 1.21. The molecule has 0 saturated carbocycles. The van der Waals surface area contributed by atoms with Gasteiger partial charge in [-0.2, -0.15) is 13.2 Å². The Hall–Kier alpha value is -2.83.